The van der Waals surface area contributed by atoms with Crippen molar-refractivity contribution < 1.29 is 13.2 Å². The molecule has 2 heterocycles. The van der Waals surface area contributed by atoms with Crippen LogP contribution >= 0.6 is 11.3 Å². The third-order valence-corrected chi connectivity index (χ3v) is 7.89. The maximum atomic E-state index is 13.6. The number of carbonyl (C=O) groups excluding carboxylic acids is 1. The molecule has 8 heteroatoms. The Hall–Kier alpha value is -2.29. The van der Waals surface area contributed by atoms with Crippen molar-refractivity contribution in [3.05, 3.63) is 54.1 Å². The number of hydrogen-bond acceptors (Lipinski definition) is 5. The van der Waals surface area contributed by atoms with E-state index in [1.54, 1.807) is 4.90 Å². The van der Waals surface area contributed by atoms with Crippen LogP contribution in [0.1, 0.15) is 25.3 Å². The first kappa shape index (κ1) is 21.0. The first-order valence-corrected chi connectivity index (χ1v) is 12.8. The lowest BCUT2D eigenvalue weighted by Crippen LogP contribution is -2.43. The summed E-state index contributed by atoms with van der Waals surface area (Å²) in [5, 5.41) is 0.649. The zero-order valence-corrected chi connectivity index (χ0v) is 18.7. The molecule has 0 radical (unpaired) electrons. The normalized spacial score (nSPS) is 16.1. The van der Waals surface area contributed by atoms with Gasteiger partial charge in [0.2, 0.25) is 15.9 Å². The predicted molar refractivity (Wildman–Crippen MR) is 122 cm³/mol. The monoisotopic (exact) mass is 443 g/mol. The number of aromatic nitrogens is 1. The summed E-state index contributed by atoms with van der Waals surface area (Å²) >= 11 is 1.49. The Kier molecular flexibility index (Phi) is 5.90. The second-order valence-corrected chi connectivity index (χ2v) is 10.6. The Balaban J connectivity index is 1.67. The average molecular weight is 444 g/mol. The summed E-state index contributed by atoms with van der Waals surface area (Å²) in [6.07, 6.45) is 3.18. The third kappa shape index (κ3) is 4.26. The fourth-order valence-corrected chi connectivity index (χ4v) is 5.65. The van der Waals surface area contributed by atoms with Crippen LogP contribution in [0.2, 0.25) is 0 Å². The zero-order chi connectivity index (χ0) is 21.3. The van der Waals surface area contributed by atoms with Crippen LogP contribution in [0.3, 0.4) is 0 Å². The summed E-state index contributed by atoms with van der Waals surface area (Å²) < 4.78 is 26.1. The minimum absolute atomic E-state index is 0.0218. The molecule has 0 aliphatic carbocycles. The van der Waals surface area contributed by atoms with Gasteiger partial charge >= 0.3 is 0 Å². The van der Waals surface area contributed by atoms with Gasteiger partial charge in [-0.25, -0.2) is 17.7 Å². The highest BCUT2D eigenvalue weighted by molar-refractivity contribution is 7.88. The molecule has 1 aliphatic heterocycles. The Labute approximate surface area is 181 Å². The molecule has 1 amide bonds. The van der Waals surface area contributed by atoms with Crippen molar-refractivity contribution in [2.75, 3.05) is 24.2 Å². The molecule has 0 bridgehead atoms. The number of aryl methyl sites for hydroxylation is 1. The second-order valence-electron chi connectivity index (χ2n) is 7.59. The molecule has 0 spiro atoms. The largest absolute Gasteiger partial charge is 0.274 e. The number of rotatable bonds is 5. The number of piperidine rings is 1. The number of nitrogens with zero attached hydrogens (tertiary/aromatic N) is 3. The summed E-state index contributed by atoms with van der Waals surface area (Å²) in [6.45, 7) is 2.84. The summed E-state index contributed by atoms with van der Waals surface area (Å²) in [5.41, 5.74) is 2.87. The van der Waals surface area contributed by atoms with Crippen LogP contribution in [0.25, 0.3) is 10.2 Å². The molecule has 158 valence electrons. The van der Waals surface area contributed by atoms with E-state index in [9.17, 15) is 13.2 Å². The molecule has 30 heavy (non-hydrogen) atoms. The molecule has 1 fully saturated rings. The van der Waals surface area contributed by atoms with Crippen LogP contribution in [0.5, 0.6) is 0 Å². The summed E-state index contributed by atoms with van der Waals surface area (Å²) in [5.74, 6) is -0.257. The minimum Gasteiger partial charge on any atom is -0.274 e. The van der Waals surface area contributed by atoms with Gasteiger partial charge in [-0.05, 0) is 49.1 Å². The van der Waals surface area contributed by atoms with Crippen molar-refractivity contribution in [3.63, 3.8) is 0 Å². The van der Waals surface area contributed by atoms with Gasteiger partial charge in [0.25, 0.3) is 0 Å². The van der Waals surface area contributed by atoms with Gasteiger partial charge in [0.05, 0.1) is 22.2 Å². The predicted octanol–water partition coefficient (Wildman–Crippen LogP) is 4.20. The number of sulfonamides is 1. The topological polar surface area (TPSA) is 70.6 Å². The molecule has 2 aromatic carbocycles. The number of anilines is 2. The maximum absolute atomic E-state index is 13.6. The van der Waals surface area contributed by atoms with Crippen molar-refractivity contribution in [3.8, 4) is 0 Å². The molecular formula is C22H25N3O3S2. The van der Waals surface area contributed by atoms with Gasteiger partial charge in [-0.3, -0.25) is 9.69 Å². The lowest BCUT2D eigenvalue weighted by Gasteiger charge is -2.32. The third-order valence-electron chi connectivity index (χ3n) is 5.57. The molecule has 1 saturated heterocycles. The molecular weight excluding hydrogens is 418 g/mol. The average Bonchev–Trinajstić information content (AvgIpc) is 3.17. The van der Waals surface area contributed by atoms with Crippen LogP contribution in [0.15, 0.2) is 48.5 Å². The number of amides is 1. The Morgan fingerprint density at radius 3 is 2.40 bits per heavy atom. The molecule has 1 aromatic heterocycles. The van der Waals surface area contributed by atoms with Crippen molar-refractivity contribution in [2.45, 2.75) is 26.2 Å². The summed E-state index contributed by atoms with van der Waals surface area (Å²) in [4.78, 5) is 20.0. The molecule has 4 rings (SSSR count). The Morgan fingerprint density at radius 1 is 1.13 bits per heavy atom. The minimum atomic E-state index is -3.23. The van der Waals surface area contributed by atoms with Crippen molar-refractivity contribution in [1.29, 1.82) is 0 Å². The van der Waals surface area contributed by atoms with E-state index in [1.807, 2.05) is 48.5 Å². The van der Waals surface area contributed by atoms with Gasteiger partial charge in [-0.1, -0.05) is 42.5 Å². The maximum Gasteiger partial charge on any atom is 0.236 e. The smallest absolute Gasteiger partial charge is 0.236 e. The zero-order valence-electron chi connectivity index (χ0n) is 17.1. The van der Waals surface area contributed by atoms with Crippen LogP contribution in [0.4, 0.5) is 10.8 Å². The van der Waals surface area contributed by atoms with Gasteiger partial charge in [0.15, 0.2) is 5.13 Å². The lowest BCUT2D eigenvalue weighted by molar-refractivity contribution is -0.122. The summed E-state index contributed by atoms with van der Waals surface area (Å²) in [7, 11) is -3.23. The number of benzene rings is 2. The number of thiazole rings is 1. The Morgan fingerprint density at radius 2 is 1.80 bits per heavy atom. The van der Waals surface area contributed by atoms with Gasteiger partial charge in [0.1, 0.15) is 0 Å². The highest BCUT2D eigenvalue weighted by atomic mass is 32.2. The van der Waals surface area contributed by atoms with E-state index in [0.29, 0.717) is 31.1 Å². The number of carbonyl (C=O) groups is 1. The van der Waals surface area contributed by atoms with Crippen molar-refractivity contribution in [2.24, 2.45) is 5.92 Å². The van der Waals surface area contributed by atoms with E-state index in [0.717, 1.165) is 22.3 Å². The van der Waals surface area contributed by atoms with E-state index < -0.39 is 10.0 Å². The van der Waals surface area contributed by atoms with Crippen molar-refractivity contribution >= 4 is 48.3 Å². The molecule has 0 N–H and O–H groups in total. The number of hydrogen-bond donors (Lipinski definition) is 0. The van der Waals surface area contributed by atoms with Crippen LogP contribution in [-0.4, -0.2) is 43.0 Å². The van der Waals surface area contributed by atoms with E-state index in [1.165, 1.54) is 27.5 Å². The molecule has 1 aliphatic rings. The Bertz CT molecular complexity index is 1110. The number of para-hydroxylation sites is 1. The first-order chi connectivity index (χ1) is 14.4. The van der Waals surface area contributed by atoms with Gasteiger partial charge in [-0.2, -0.15) is 0 Å². The molecule has 0 saturated carbocycles. The second kappa shape index (κ2) is 8.45. The van der Waals surface area contributed by atoms with Gasteiger partial charge < -0.3 is 0 Å². The summed E-state index contributed by atoms with van der Waals surface area (Å²) in [6, 6.07) is 15.9. The van der Waals surface area contributed by atoms with Crippen molar-refractivity contribution in [1.82, 2.24) is 9.29 Å². The fourth-order valence-electron chi connectivity index (χ4n) is 3.79. The van der Waals surface area contributed by atoms with Gasteiger partial charge in [-0.15, -0.1) is 0 Å². The number of fused-ring (bicyclic) bond motifs is 1. The van der Waals surface area contributed by atoms with Crippen LogP contribution in [-0.2, 0) is 21.2 Å². The van der Waals surface area contributed by atoms with E-state index in [4.69, 9.17) is 4.98 Å². The molecule has 3 aromatic rings. The fraction of sp³-hybridized carbons (Fsp3) is 0.364. The van der Waals surface area contributed by atoms with Gasteiger partial charge in [0, 0.05) is 19.0 Å². The molecule has 6 nitrogen and oxygen atoms in total. The first-order valence-electron chi connectivity index (χ1n) is 10.1. The molecule has 0 atom stereocenters. The molecule has 0 unspecified atom stereocenters. The van der Waals surface area contributed by atoms with E-state index >= 15 is 0 Å². The quantitative estimate of drug-likeness (QED) is 0.593. The van der Waals surface area contributed by atoms with Crippen LogP contribution in [0, 0.1) is 5.92 Å². The van der Waals surface area contributed by atoms with E-state index in [2.05, 4.69) is 6.92 Å². The lowest BCUT2D eigenvalue weighted by atomic mass is 9.96. The standard InChI is InChI=1S/C22H25N3O3S2/c1-3-16-8-10-18(11-9-16)25(22-23-19-6-4-5-7-20(19)29-22)21(26)17-12-14-24(15-13-17)30(2,27)28/h4-11,17H,3,12-15H2,1-2H3. The SMILES string of the molecule is CCc1ccc(N(C(=O)C2CCN(S(C)(=O)=O)CC2)c2nc3ccccc3s2)cc1. The van der Waals surface area contributed by atoms with E-state index in [-0.39, 0.29) is 11.8 Å². The highest BCUT2D eigenvalue weighted by Crippen LogP contribution is 2.36. The van der Waals surface area contributed by atoms with Crippen LogP contribution < -0.4 is 4.90 Å². The highest BCUT2D eigenvalue weighted by Gasteiger charge is 2.33.